The second-order valence-electron chi connectivity index (χ2n) is 4.91. The van der Waals surface area contributed by atoms with Crippen LogP contribution in [0.3, 0.4) is 0 Å². The van der Waals surface area contributed by atoms with E-state index >= 15 is 0 Å². The van der Waals surface area contributed by atoms with Crippen LogP contribution in [0.4, 0.5) is 5.69 Å². The molecule has 0 atom stereocenters. The van der Waals surface area contributed by atoms with Crippen molar-refractivity contribution in [1.29, 1.82) is 0 Å². The summed E-state index contributed by atoms with van der Waals surface area (Å²) in [6, 6.07) is 0. The standard InChI is InChI=1S/C13H20N3O4PS2/c1-4-19-21(22,20-5-2)15-14-10-7-6-8-11-12(10)13(16(17)18)9(3)23-11/h4-8H2,1-3H3,(H,15,22). The van der Waals surface area contributed by atoms with Crippen molar-refractivity contribution in [3.05, 3.63) is 25.4 Å². The van der Waals surface area contributed by atoms with Crippen LogP contribution in [0, 0.1) is 17.0 Å². The minimum absolute atomic E-state index is 0.159. The van der Waals surface area contributed by atoms with E-state index in [1.54, 1.807) is 6.92 Å². The molecule has 0 fully saturated rings. The van der Waals surface area contributed by atoms with E-state index in [0.717, 1.165) is 17.7 Å². The molecule has 10 heteroatoms. The lowest BCUT2D eigenvalue weighted by Gasteiger charge is -2.21. The van der Waals surface area contributed by atoms with E-state index in [1.165, 1.54) is 11.3 Å². The highest BCUT2D eigenvalue weighted by Gasteiger charge is 2.31. The largest absolute Gasteiger partial charge is 0.313 e. The zero-order chi connectivity index (χ0) is 17.0. The van der Waals surface area contributed by atoms with Gasteiger partial charge >= 0.3 is 6.64 Å². The molecule has 0 bridgehead atoms. The highest BCUT2D eigenvalue weighted by molar-refractivity contribution is 8.08. The fraction of sp³-hybridized carbons (Fsp3) is 0.615. The number of nitrogens with zero attached hydrogens (tertiary/aromatic N) is 2. The monoisotopic (exact) mass is 377 g/mol. The van der Waals surface area contributed by atoms with Gasteiger partial charge in [-0.25, -0.2) is 5.20 Å². The number of rotatable bonds is 7. The SMILES string of the molecule is CCOP(=S)(NN=C1CCCc2sc(C)c([N+](=O)[O-])c21)OCC. The van der Waals surface area contributed by atoms with E-state index in [0.29, 0.717) is 35.8 Å². The summed E-state index contributed by atoms with van der Waals surface area (Å²) in [6.45, 7) is 3.57. The molecule has 0 saturated heterocycles. The quantitative estimate of drug-likeness (QED) is 0.441. The molecule has 1 aliphatic carbocycles. The van der Waals surface area contributed by atoms with Gasteiger partial charge in [-0.3, -0.25) is 10.1 Å². The Kier molecular flexibility index (Phi) is 6.27. The van der Waals surface area contributed by atoms with E-state index in [4.69, 9.17) is 20.9 Å². The lowest BCUT2D eigenvalue weighted by molar-refractivity contribution is -0.385. The Morgan fingerprint density at radius 2 is 2.04 bits per heavy atom. The van der Waals surface area contributed by atoms with Gasteiger partial charge in [0.2, 0.25) is 0 Å². The normalized spacial score (nSPS) is 16.4. The molecule has 0 unspecified atom stereocenters. The van der Waals surface area contributed by atoms with Crippen molar-refractivity contribution in [2.24, 2.45) is 5.10 Å². The number of thiophene rings is 1. The summed E-state index contributed by atoms with van der Waals surface area (Å²) >= 11 is 6.85. The Morgan fingerprint density at radius 3 is 2.61 bits per heavy atom. The molecule has 23 heavy (non-hydrogen) atoms. The minimum Gasteiger partial charge on any atom is -0.313 e. The maximum atomic E-state index is 11.4. The van der Waals surface area contributed by atoms with Crippen LogP contribution in [0.5, 0.6) is 0 Å². The van der Waals surface area contributed by atoms with E-state index in [-0.39, 0.29) is 10.6 Å². The molecule has 7 nitrogen and oxygen atoms in total. The number of nitro groups is 1. The molecule has 0 radical (unpaired) electrons. The summed E-state index contributed by atoms with van der Waals surface area (Å²) in [5.41, 5.74) is 1.47. The first kappa shape index (κ1) is 18.5. The molecule has 1 heterocycles. The van der Waals surface area contributed by atoms with Crippen LogP contribution in [-0.4, -0.2) is 23.8 Å². The maximum absolute atomic E-state index is 11.4. The van der Waals surface area contributed by atoms with Gasteiger partial charge in [0.25, 0.3) is 5.69 Å². The molecule has 1 aromatic rings. The van der Waals surface area contributed by atoms with Crippen LogP contribution in [0.2, 0.25) is 0 Å². The molecule has 1 aromatic heterocycles. The number of hydrogen-bond donors (Lipinski definition) is 1. The zero-order valence-corrected chi connectivity index (χ0v) is 15.9. The van der Waals surface area contributed by atoms with E-state index in [9.17, 15) is 10.1 Å². The Labute approximate surface area is 144 Å². The Balaban J connectivity index is 2.36. The van der Waals surface area contributed by atoms with E-state index in [1.807, 2.05) is 13.8 Å². The summed E-state index contributed by atoms with van der Waals surface area (Å²) in [4.78, 5) is 12.8. The number of hydrazone groups is 1. The second kappa shape index (κ2) is 7.81. The molecule has 2 rings (SSSR count). The first-order valence-corrected chi connectivity index (χ1v) is 10.9. The van der Waals surface area contributed by atoms with Gasteiger partial charge in [0, 0.05) is 4.88 Å². The molecular weight excluding hydrogens is 357 g/mol. The van der Waals surface area contributed by atoms with Crippen molar-refractivity contribution >= 4 is 41.2 Å². The summed E-state index contributed by atoms with van der Waals surface area (Å²) in [5, 5.41) is 18.6. The molecule has 0 aromatic carbocycles. The first-order valence-electron chi connectivity index (χ1n) is 7.41. The van der Waals surface area contributed by atoms with Crippen molar-refractivity contribution in [2.75, 3.05) is 13.2 Å². The van der Waals surface area contributed by atoms with Crippen molar-refractivity contribution in [3.63, 3.8) is 0 Å². The summed E-state index contributed by atoms with van der Waals surface area (Å²) in [7, 11) is 0. The number of hydrogen-bond acceptors (Lipinski definition) is 7. The van der Waals surface area contributed by atoms with Crippen LogP contribution in [0.1, 0.15) is 42.0 Å². The third kappa shape index (κ3) is 4.16. The van der Waals surface area contributed by atoms with Gasteiger partial charge in [-0.1, -0.05) is 0 Å². The number of nitrogens with one attached hydrogen (secondary N) is 1. The van der Waals surface area contributed by atoms with E-state index in [2.05, 4.69) is 10.3 Å². The van der Waals surface area contributed by atoms with Gasteiger partial charge < -0.3 is 9.05 Å². The predicted octanol–water partition coefficient (Wildman–Crippen LogP) is 3.89. The molecule has 0 amide bonds. The maximum Gasteiger partial charge on any atom is 0.303 e. The van der Waals surface area contributed by atoms with Crippen LogP contribution < -0.4 is 5.20 Å². The Hall–Kier alpha value is -0.860. The average molecular weight is 377 g/mol. The van der Waals surface area contributed by atoms with Gasteiger partial charge in [-0.2, -0.15) is 5.10 Å². The molecule has 1 N–H and O–H groups in total. The summed E-state index contributed by atoms with van der Waals surface area (Å²) in [5.74, 6) is 0. The first-order chi connectivity index (χ1) is 10.9. The second-order valence-corrected chi connectivity index (χ2v) is 9.37. The van der Waals surface area contributed by atoms with Gasteiger partial charge in [0.05, 0.1) is 34.3 Å². The van der Waals surface area contributed by atoms with Crippen LogP contribution in [0.15, 0.2) is 5.10 Å². The average Bonchev–Trinajstić information content (AvgIpc) is 2.82. The van der Waals surface area contributed by atoms with Gasteiger partial charge in [0.1, 0.15) is 0 Å². The van der Waals surface area contributed by atoms with Crippen LogP contribution in [0.25, 0.3) is 0 Å². The topological polar surface area (TPSA) is 86.0 Å². The van der Waals surface area contributed by atoms with Gasteiger partial charge in [0.15, 0.2) is 0 Å². The summed E-state index contributed by atoms with van der Waals surface area (Å²) in [6.07, 6.45) is 2.43. The molecular formula is C13H20N3O4PS2. The third-order valence-corrected chi connectivity index (χ3v) is 6.89. The third-order valence-electron chi connectivity index (χ3n) is 3.32. The highest BCUT2D eigenvalue weighted by Crippen LogP contribution is 2.45. The van der Waals surface area contributed by atoms with Crippen molar-refractivity contribution in [2.45, 2.75) is 40.0 Å². The van der Waals surface area contributed by atoms with E-state index < -0.39 is 6.64 Å². The minimum atomic E-state index is -2.70. The lowest BCUT2D eigenvalue weighted by Crippen LogP contribution is -2.17. The fourth-order valence-electron chi connectivity index (χ4n) is 2.50. The number of fused-ring (bicyclic) bond motifs is 1. The molecule has 0 saturated carbocycles. The Bertz CT molecular complexity index is 664. The Morgan fingerprint density at radius 1 is 1.39 bits per heavy atom. The molecule has 1 aliphatic rings. The smallest absolute Gasteiger partial charge is 0.303 e. The van der Waals surface area contributed by atoms with Gasteiger partial charge in [-0.15, -0.1) is 11.3 Å². The number of aryl methyl sites for hydroxylation is 2. The molecule has 128 valence electrons. The molecule has 0 aliphatic heterocycles. The summed E-state index contributed by atoms with van der Waals surface area (Å²) < 4.78 is 11.0. The van der Waals surface area contributed by atoms with Crippen molar-refractivity contribution in [3.8, 4) is 0 Å². The van der Waals surface area contributed by atoms with Gasteiger partial charge in [-0.05, 0) is 51.8 Å². The molecule has 0 spiro atoms. The zero-order valence-electron chi connectivity index (χ0n) is 13.3. The highest BCUT2D eigenvalue weighted by atomic mass is 32.5. The lowest BCUT2D eigenvalue weighted by atomic mass is 9.95. The predicted molar refractivity (Wildman–Crippen MR) is 95.9 cm³/mol. The van der Waals surface area contributed by atoms with Crippen LogP contribution >= 0.6 is 18.0 Å². The van der Waals surface area contributed by atoms with Crippen LogP contribution in [-0.2, 0) is 27.3 Å². The van der Waals surface area contributed by atoms with Crippen molar-refractivity contribution < 1.29 is 14.0 Å². The fourth-order valence-corrected chi connectivity index (χ4v) is 5.57. The van der Waals surface area contributed by atoms with Crippen molar-refractivity contribution in [1.82, 2.24) is 5.20 Å².